The van der Waals surface area contributed by atoms with Crippen LogP contribution in [0.2, 0.25) is 0 Å². The third-order valence-electron chi connectivity index (χ3n) is 0.786. The molecule has 0 saturated carbocycles. The predicted molar refractivity (Wildman–Crippen MR) is 38.7 cm³/mol. The minimum atomic E-state index is -2.40. The number of ether oxygens (including phenoxy) is 1. The summed E-state index contributed by atoms with van der Waals surface area (Å²) in [4.78, 5) is 10.8. The molecule has 0 aliphatic heterocycles. The highest BCUT2D eigenvalue weighted by Crippen LogP contribution is 2.11. The van der Waals surface area contributed by atoms with Gasteiger partial charge in [-0.25, -0.2) is 4.79 Å². The van der Waals surface area contributed by atoms with Crippen LogP contribution in [0, 0.1) is 0 Å². The molecule has 0 amide bonds. The van der Waals surface area contributed by atoms with Crippen molar-refractivity contribution in [1.82, 2.24) is 0 Å². The van der Waals surface area contributed by atoms with Gasteiger partial charge >= 0.3 is 5.97 Å². The molecule has 66 valence electrons. The molecule has 0 aromatic carbocycles. The van der Waals surface area contributed by atoms with Gasteiger partial charge in [0.1, 0.15) is 5.60 Å². The van der Waals surface area contributed by atoms with Crippen molar-refractivity contribution >= 4 is 5.97 Å². The first-order valence-electron chi connectivity index (χ1n) is 3.31. The van der Waals surface area contributed by atoms with Crippen LogP contribution >= 0.6 is 0 Å². The summed E-state index contributed by atoms with van der Waals surface area (Å²) in [6.07, 6.45) is 0. The second kappa shape index (κ2) is 2.79. The number of hydrogen-bond donors (Lipinski definition) is 2. The second-order valence-corrected chi connectivity index (χ2v) is 3.52. The number of hydrogen-bond acceptors (Lipinski definition) is 4. The zero-order chi connectivity index (χ0) is 9.28. The highest BCUT2D eigenvalue weighted by atomic mass is 16.6. The molecule has 2 N–H and O–H groups in total. The van der Waals surface area contributed by atoms with Crippen LogP contribution in [0.4, 0.5) is 0 Å². The van der Waals surface area contributed by atoms with Crippen molar-refractivity contribution in [2.24, 2.45) is 0 Å². The van der Waals surface area contributed by atoms with Crippen molar-refractivity contribution in [3.8, 4) is 0 Å². The monoisotopic (exact) mass is 162 g/mol. The van der Waals surface area contributed by atoms with Gasteiger partial charge in [0, 0.05) is 6.92 Å². The van der Waals surface area contributed by atoms with E-state index < -0.39 is 17.4 Å². The summed E-state index contributed by atoms with van der Waals surface area (Å²) in [5.74, 6) is -3.43. The number of aliphatic hydroxyl groups is 2. The molecule has 11 heavy (non-hydrogen) atoms. The van der Waals surface area contributed by atoms with Crippen LogP contribution in [-0.2, 0) is 9.53 Å². The molecular formula is C7H14O4. The quantitative estimate of drug-likeness (QED) is 0.421. The molecule has 0 atom stereocenters. The van der Waals surface area contributed by atoms with Crippen LogP contribution < -0.4 is 0 Å². The molecule has 4 heteroatoms. The van der Waals surface area contributed by atoms with Gasteiger partial charge in [-0.05, 0) is 20.8 Å². The Labute approximate surface area is 65.8 Å². The van der Waals surface area contributed by atoms with Gasteiger partial charge in [-0.1, -0.05) is 0 Å². The van der Waals surface area contributed by atoms with Gasteiger partial charge in [0.05, 0.1) is 0 Å². The Morgan fingerprint density at radius 1 is 1.18 bits per heavy atom. The lowest BCUT2D eigenvalue weighted by Crippen LogP contribution is -2.40. The van der Waals surface area contributed by atoms with E-state index in [9.17, 15) is 4.79 Å². The van der Waals surface area contributed by atoms with Crippen LogP contribution in [-0.4, -0.2) is 27.6 Å². The molecule has 0 aliphatic rings. The SMILES string of the molecule is CC(C)(C)OC(=O)C(C)(O)O. The van der Waals surface area contributed by atoms with E-state index in [1.54, 1.807) is 20.8 Å². The molecule has 0 radical (unpaired) electrons. The van der Waals surface area contributed by atoms with Crippen molar-refractivity contribution in [3.05, 3.63) is 0 Å². The normalized spacial score (nSPS) is 12.9. The van der Waals surface area contributed by atoms with Crippen molar-refractivity contribution in [2.45, 2.75) is 39.1 Å². The average Bonchev–Trinajstić information content (AvgIpc) is 1.56. The first-order chi connectivity index (χ1) is 4.63. The molecule has 0 aromatic rings. The van der Waals surface area contributed by atoms with E-state index in [2.05, 4.69) is 4.74 Å². The van der Waals surface area contributed by atoms with E-state index in [4.69, 9.17) is 10.2 Å². The van der Waals surface area contributed by atoms with Crippen molar-refractivity contribution in [3.63, 3.8) is 0 Å². The first-order valence-corrected chi connectivity index (χ1v) is 3.31. The Morgan fingerprint density at radius 2 is 1.55 bits per heavy atom. The van der Waals surface area contributed by atoms with Crippen molar-refractivity contribution < 1.29 is 19.7 Å². The zero-order valence-corrected chi connectivity index (χ0v) is 7.21. The topological polar surface area (TPSA) is 66.8 Å². The van der Waals surface area contributed by atoms with E-state index in [1.807, 2.05) is 0 Å². The van der Waals surface area contributed by atoms with Gasteiger partial charge in [0.2, 0.25) is 0 Å². The van der Waals surface area contributed by atoms with Crippen LogP contribution in [0.25, 0.3) is 0 Å². The Kier molecular flexibility index (Phi) is 2.64. The third kappa shape index (κ3) is 4.75. The number of esters is 1. The predicted octanol–water partition coefficient (Wildman–Crippen LogP) is 0.0289. The lowest BCUT2D eigenvalue weighted by Gasteiger charge is -2.23. The molecule has 0 rings (SSSR count). The Morgan fingerprint density at radius 3 is 1.64 bits per heavy atom. The van der Waals surface area contributed by atoms with Crippen LogP contribution in [0.1, 0.15) is 27.7 Å². The largest absolute Gasteiger partial charge is 0.456 e. The smallest absolute Gasteiger partial charge is 0.366 e. The van der Waals surface area contributed by atoms with Crippen LogP contribution in [0.5, 0.6) is 0 Å². The highest BCUT2D eigenvalue weighted by Gasteiger charge is 2.32. The Bertz CT molecular complexity index is 149. The lowest BCUT2D eigenvalue weighted by molar-refractivity contribution is -0.213. The summed E-state index contributed by atoms with van der Waals surface area (Å²) < 4.78 is 4.66. The molecule has 0 saturated heterocycles. The molecule has 0 unspecified atom stereocenters. The maximum absolute atomic E-state index is 10.8. The molecule has 0 spiro atoms. The van der Waals surface area contributed by atoms with E-state index in [0.717, 1.165) is 6.92 Å². The summed E-state index contributed by atoms with van der Waals surface area (Å²) >= 11 is 0. The number of carbonyl (C=O) groups is 1. The van der Waals surface area contributed by atoms with E-state index >= 15 is 0 Å². The molecule has 0 fully saturated rings. The minimum absolute atomic E-state index is 0.691. The van der Waals surface area contributed by atoms with E-state index in [0.29, 0.717) is 0 Å². The summed E-state index contributed by atoms with van der Waals surface area (Å²) in [5, 5.41) is 17.5. The maximum atomic E-state index is 10.8. The van der Waals surface area contributed by atoms with Crippen LogP contribution in [0.3, 0.4) is 0 Å². The average molecular weight is 162 g/mol. The summed E-state index contributed by atoms with van der Waals surface area (Å²) in [5.41, 5.74) is -0.691. The second-order valence-electron chi connectivity index (χ2n) is 3.52. The number of carbonyl (C=O) groups excluding carboxylic acids is 1. The maximum Gasteiger partial charge on any atom is 0.366 e. The highest BCUT2D eigenvalue weighted by molar-refractivity contribution is 5.76. The van der Waals surface area contributed by atoms with Gasteiger partial charge in [-0.15, -0.1) is 0 Å². The Balaban J connectivity index is 4.11. The standard InChI is InChI=1S/C7H14O4/c1-6(2,3)11-5(8)7(4,9)10/h9-10H,1-4H3. The minimum Gasteiger partial charge on any atom is -0.456 e. The van der Waals surface area contributed by atoms with E-state index in [-0.39, 0.29) is 0 Å². The van der Waals surface area contributed by atoms with Crippen molar-refractivity contribution in [1.29, 1.82) is 0 Å². The molecular weight excluding hydrogens is 148 g/mol. The van der Waals surface area contributed by atoms with Gasteiger partial charge in [0.15, 0.2) is 0 Å². The third-order valence-corrected chi connectivity index (χ3v) is 0.786. The summed E-state index contributed by atoms with van der Waals surface area (Å²) in [6, 6.07) is 0. The molecule has 0 aromatic heterocycles. The van der Waals surface area contributed by atoms with Crippen LogP contribution in [0.15, 0.2) is 0 Å². The fraction of sp³-hybridized carbons (Fsp3) is 0.857. The Hall–Kier alpha value is -0.610. The zero-order valence-electron chi connectivity index (χ0n) is 7.21. The summed E-state index contributed by atoms with van der Waals surface area (Å²) in [7, 11) is 0. The first kappa shape index (κ1) is 10.4. The summed E-state index contributed by atoms with van der Waals surface area (Å²) in [6.45, 7) is 5.91. The van der Waals surface area contributed by atoms with Gasteiger partial charge in [-0.2, -0.15) is 0 Å². The fourth-order valence-electron chi connectivity index (χ4n) is 0.375. The fourth-order valence-corrected chi connectivity index (χ4v) is 0.375. The van der Waals surface area contributed by atoms with Gasteiger partial charge in [-0.3, -0.25) is 0 Å². The molecule has 0 aliphatic carbocycles. The van der Waals surface area contributed by atoms with E-state index in [1.165, 1.54) is 0 Å². The van der Waals surface area contributed by atoms with Gasteiger partial charge < -0.3 is 14.9 Å². The lowest BCUT2D eigenvalue weighted by atomic mass is 10.2. The van der Waals surface area contributed by atoms with Crippen molar-refractivity contribution in [2.75, 3.05) is 0 Å². The number of rotatable bonds is 1. The molecule has 0 bridgehead atoms. The van der Waals surface area contributed by atoms with Gasteiger partial charge in [0.25, 0.3) is 5.79 Å². The molecule has 0 heterocycles. The molecule has 4 nitrogen and oxygen atoms in total.